The van der Waals surface area contributed by atoms with Gasteiger partial charge in [0.15, 0.2) is 5.69 Å². The van der Waals surface area contributed by atoms with E-state index in [1.165, 1.54) is 0 Å². The second-order valence-corrected chi connectivity index (χ2v) is 6.16. The summed E-state index contributed by atoms with van der Waals surface area (Å²) in [7, 11) is 0. The first-order valence-electron chi connectivity index (χ1n) is 8.03. The van der Waals surface area contributed by atoms with Gasteiger partial charge in [-0.2, -0.15) is 0 Å². The van der Waals surface area contributed by atoms with Crippen molar-refractivity contribution in [2.45, 2.75) is 32.8 Å². The van der Waals surface area contributed by atoms with Crippen molar-refractivity contribution in [1.29, 1.82) is 0 Å². The summed E-state index contributed by atoms with van der Waals surface area (Å²) < 4.78 is 1.68. The molecule has 1 saturated heterocycles. The third-order valence-corrected chi connectivity index (χ3v) is 4.53. The van der Waals surface area contributed by atoms with Crippen LogP contribution in [0.25, 0.3) is 5.69 Å². The average molecular weight is 314 g/mol. The van der Waals surface area contributed by atoms with Gasteiger partial charge in [-0.05, 0) is 38.8 Å². The zero-order valence-electron chi connectivity index (χ0n) is 13.5. The molecule has 2 heterocycles. The number of aromatic nitrogens is 3. The van der Waals surface area contributed by atoms with Gasteiger partial charge in [0, 0.05) is 19.0 Å². The van der Waals surface area contributed by atoms with Crippen molar-refractivity contribution in [1.82, 2.24) is 19.9 Å². The first-order valence-corrected chi connectivity index (χ1v) is 8.03. The topological polar surface area (TPSA) is 71.2 Å². The normalized spacial score (nSPS) is 19.6. The molecule has 1 aromatic heterocycles. The van der Waals surface area contributed by atoms with Crippen LogP contribution in [-0.4, -0.2) is 50.1 Å². The van der Waals surface area contributed by atoms with E-state index in [-0.39, 0.29) is 11.8 Å². The van der Waals surface area contributed by atoms with Crippen LogP contribution in [0.3, 0.4) is 0 Å². The molecule has 0 unspecified atom stereocenters. The summed E-state index contributed by atoms with van der Waals surface area (Å²) in [6.45, 7) is 4.93. The number of aliphatic hydroxyl groups excluding tert-OH is 1. The van der Waals surface area contributed by atoms with E-state index in [0.29, 0.717) is 18.8 Å². The zero-order chi connectivity index (χ0) is 16.4. The number of carbonyl (C=O) groups excluding carboxylic acids is 1. The molecular formula is C17H22N4O2. The monoisotopic (exact) mass is 314 g/mol. The summed E-state index contributed by atoms with van der Waals surface area (Å²) in [4.78, 5) is 14.5. The number of nitrogens with zero attached hydrogens (tertiary/aromatic N) is 4. The van der Waals surface area contributed by atoms with Crippen LogP contribution in [0.2, 0.25) is 0 Å². The molecule has 6 heteroatoms. The molecule has 6 nitrogen and oxygen atoms in total. The van der Waals surface area contributed by atoms with Crippen LogP contribution in [-0.2, 0) is 0 Å². The Morgan fingerprint density at radius 1 is 1.35 bits per heavy atom. The SMILES string of the molecule is Cc1c(C(=O)N2CCC[C@@H]([C@@H](C)O)C2)nnn1-c1ccccc1. The average Bonchev–Trinajstić information content (AvgIpc) is 2.96. The number of rotatable bonds is 3. The molecule has 1 amide bonds. The fourth-order valence-corrected chi connectivity index (χ4v) is 3.08. The van der Waals surface area contributed by atoms with E-state index in [9.17, 15) is 9.90 Å². The van der Waals surface area contributed by atoms with Crippen LogP contribution in [0.1, 0.15) is 35.9 Å². The summed E-state index contributed by atoms with van der Waals surface area (Å²) in [5.74, 6) is 0.0344. The molecule has 1 aliphatic rings. The van der Waals surface area contributed by atoms with Crippen LogP contribution in [0, 0.1) is 12.8 Å². The third-order valence-electron chi connectivity index (χ3n) is 4.53. The van der Waals surface area contributed by atoms with E-state index < -0.39 is 6.10 Å². The van der Waals surface area contributed by atoms with Gasteiger partial charge in [0.05, 0.1) is 17.5 Å². The van der Waals surface area contributed by atoms with Gasteiger partial charge in [-0.1, -0.05) is 23.4 Å². The highest BCUT2D eigenvalue weighted by Crippen LogP contribution is 2.22. The number of para-hydroxylation sites is 1. The van der Waals surface area contributed by atoms with Gasteiger partial charge >= 0.3 is 0 Å². The maximum atomic E-state index is 12.8. The van der Waals surface area contributed by atoms with E-state index >= 15 is 0 Å². The highest BCUT2D eigenvalue weighted by atomic mass is 16.3. The summed E-state index contributed by atoms with van der Waals surface area (Å²) >= 11 is 0. The minimum Gasteiger partial charge on any atom is -0.393 e. The Labute approximate surface area is 135 Å². The van der Waals surface area contributed by atoms with Crippen molar-refractivity contribution >= 4 is 5.91 Å². The van der Waals surface area contributed by atoms with Crippen molar-refractivity contribution in [2.24, 2.45) is 5.92 Å². The third kappa shape index (κ3) is 3.12. The Morgan fingerprint density at radius 3 is 2.78 bits per heavy atom. The number of hydrogen-bond donors (Lipinski definition) is 1. The number of benzene rings is 1. The van der Waals surface area contributed by atoms with Crippen LogP contribution >= 0.6 is 0 Å². The summed E-state index contributed by atoms with van der Waals surface area (Å²) in [6.07, 6.45) is 1.47. The van der Waals surface area contributed by atoms with Gasteiger partial charge in [0.1, 0.15) is 0 Å². The van der Waals surface area contributed by atoms with Crippen molar-refractivity contribution in [2.75, 3.05) is 13.1 Å². The Bertz CT molecular complexity index is 681. The molecule has 2 atom stereocenters. The number of aliphatic hydroxyl groups is 1. The zero-order valence-corrected chi connectivity index (χ0v) is 13.5. The van der Waals surface area contributed by atoms with E-state index in [4.69, 9.17) is 0 Å². The molecule has 1 aromatic carbocycles. The van der Waals surface area contributed by atoms with Crippen molar-refractivity contribution in [3.8, 4) is 5.69 Å². The van der Waals surface area contributed by atoms with Gasteiger partial charge in [-0.25, -0.2) is 4.68 Å². The second kappa shape index (κ2) is 6.50. The summed E-state index contributed by atoms with van der Waals surface area (Å²) in [5.41, 5.74) is 2.01. The second-order valence-electron chi connectivity index (χ2n) is 6.16. The van der Waals surface area contributed by atoms with Crippen LogP contribution < -0.4 is 0 Å². The fourth-order valence-electron chi connectivity index (χ4n) is 3.08. The van der Waals surface area contributed by atoms with E-state index in [2.05, 4.69) is 10.3 Å². The molecule has 1 fully saturated rings. The van der Waals surface area contributed by atoms with Crippen LogP contribution in [0.15, 0.2) is 30.3 Å². The van der Waals surface area contributed by atoms with Crippen LogP contribution in [0.5, 0.6) is 0 Å². The molecule has 0 saturated carbocycles. The standard InChI is InChI=1S/C17H22N4O2/c1-12-16(18-19-21(12)15-8-4-3-5-9-15)17(23)20-10-6-7-14(11-20)13(2)22/h3-5,8-9,13-14,22H,6-7,10-11H2,1-2H3/t13-,14-/m1/s1. The largest absolute Gasteiger partial charge is 0.393 e. The van der Waals surface area contributed by atoms with Gasteiger partial charge in [-0.3, -0.25) is 4.79 Å². The molecule has 1 N–H and O–H groups in total. The molecule has 3 rings (SSSR count). The first-order chi connectivity index (χ1) is 11.1. The predicted molar refractivity (Wildman–Crippen MR) is 86.4 cm³/mol. The lowest BCUT2D eigenvalue weighted by Crippen LogP contribution is -2.43. The summed E-state index contributed by atoms with van der Waals surface area (Å²) in [6, 6.07) is 9.65. The van der Waals surface area contributed by atoms with Crippen molar-refractivity contribution < 1.29 is 9.90 Å². The molecule has 1 aliphatic heterocycles. The quantitative estimate of drug-likeness (QED) is 0.938. The lowest BCUT2D eigenvalue weighted by molar-refractivity contribution is 0.0461. The van der Waals surface area contributed by atoms with Crippen molar-refractivity contribution in [3.63, 3.8) is 0 Å². The number of likely N-dealkylation sites (tertiary alicyclic amines) is 1. The maximum Gasteiger partial charge on any atom is 0.276 e. The predicted octanol–water partition coefficient (Wildman–Crippen LogP) is 1.81. The molecule has 0 spiro atoms. The molecule has 0 bridgehead atoms. The Hall–Kier alpha value is -2.21. The number of hydrogen-bond acceptors (Lipinski definition) is 4. The van der Waals surface area contributed by atoms with E-state index in [0.717, 1.165) is 24.2 Å². The fraction of sp³-hybridized carbons (Fsp3) is 0.471. The molecular weight excluding hydrogens is 292 g/mol. The van der Waals surface area contributed by atoms with Gasteiger partial charge in [-0.15, -0.1) is 5.10 Å². The van der Waals surface area contributed by atoms with Crippen LogP contribution in [0.4, 0.5) is 0 Å². The first kappa shape index (κ1) is 15.7. The smallest absolute Gasteiger partial charge is 0.276 e. The Morgan fingerprint density at radius 2 is 2.09 bits per heavy atom. The van der Waals surface area contributed by atoms with Gasteiger partial charge < -0.3 is 10.0 Å². The van der Waals surface area contributed by atoms with E-state index in [1.807, 2.05) is 37.3 Å². The van der Waals surface area contributed by atoms with Gasteiger partial charge in [0.25, 0.3) is 5.91 Å². The molecule has 23 heavy (non-hydrogen) atoms. The maximum absolute atomic E-state index is 12.8. The van der Waals surface area contributed by atoms with Gasteiger partial charge in [0.2, 0.25) is 0 Å². The minimum absolute atomic E-state index is 0.102. The summed E-state index contributed by atoms with van der Waals surface area (Å²) in [5, 5.41) is 18.0. The number of amides is 1. The van der Waals surface area contributed by atoms with E-state index in [1.54, 1.807) is 16.5 Å². The lowest BCUT2D eigenvalue weighted by atomic mass is 9.93. The highest BCUT2D eigenvalue weighted by molar-refractivity contribution is 5.93. The number of piperidine rings is 1. The lowest BCUT2D eigenvalue weighted by Gasteiger charge is -2.33. The highest BCUT2D eigenvalue weighted by Gasteiger charge is 2.29. The molecule has 2 aromatic rings. The van der Waals surface area contributed by atoms with Crippen molar-refractivity contribution in [3.05, 3.63) is 41.7 Å². The molecule has 0 radical (unpaired) electrons. The molecule has 122 valence electrons. The molecule has 0 aliphatic carbocycles. The number of carbonyl (C=O) groups is 1. The Kier molecular flexibility index (Phi) is 4.43. The minimum atomic E-state index is -0.397. The Balaban J connectivity index is 1.82.